The molecule has 1 aliphatic rings. The summed E-state index contributed by atoms with van der Waals surface area (Å²) in [6, 6.07) is 12.9. The van der Waals surface area contributed by atoms with Crippen molar-refractivity contribution in [1.29, 1.82) is 0 Å². The van der Waals surface area contributed by atoms with Crippen LogP contribution in [0.5, 0.6) is 5.75 Å². The van der Waals surface area contributed by atoms with E-state index in [1.807, 2.05) is 25.1 Å². The van der Waals surface area contributed by atoms with Crippen molar-refractivity contribution in [2.75, 3.05) is 13.4 Å². The number of hydrogen-bond donors (Lipinski definition) is 1. The van der Waals surface area contributed by atoms with Crippen LogP contribution in [0.15, 0.2) is 58.5 Å². The van der Waals surface area contributed by atoms with Crippen LogP contribution < -0.4 is 4.74 Å². The summed E-state index contributed by atoms with van der Waals surface area (Å²) < 4.78 is 16.8. The molecule has 1 aliphatic carbocycles. The third-order valence-electron chi connectivity index (χ3n) is 4.49. The second-order valence-electron chi connectivity index (χ2n) is 6.24. The van der Waals surface area contributed by atoms with E-state index < -0.39 is 16.8 Å². The number of benzene rings is 2. The van der Waals surface area contributed by atoms with Gasteiger partial charge in [-0.05, 0) is 65.9 Å². The lowest BCUT2D eigenvalue weighted by atomic mass is 9.95. The van der Waals surface area contributed by atoms with Crippen LogP contribution in [-0.4, -0.2) is 28.7 Å². The van der Waals surface area contributed by atoms with E-state index in [0.717, 1.165) is 34.3 Å². The molecule has 134 valence electrons. The lowest BCUT2D eigenvalue weighted by Crippen LogP contribution is -2.03. The van der Waals surface area contributed by atoms with Gasteiger partial charge in [0.2, 0.25) is 0 Å². The fourth-order valence-corrected chi connectivity index (χ4v) is 3.73. The molecule has 0 heterocycles. The van der Waals surface area contributed by atoms with Crippen LogP contribution in [0.25, 0.3) is 11.6 Å². The van der Waals surface area contributed by atoms with Gasteiger partial charge in [-0.3, -0.25) is 4.21 Å². The van der Waals surface area contributed by atoms with Gasteiger partial charge in [0, 0.05) is 22.0 Å². The van der Waals surface area contributed by atoms with E-state index in [9.17, 15) is 14.1 Å². The topological polar surface area (TPSA) is 63.6 Å². The maximum atomic E-state index is 12.0. The summed E-state index contributed by atoms with van der Waals surface area (Å²) in [6.45, 7) is 1.96. The summed E-state index contributed by atoms with van der Waals surface area (Å²) in [7, 11) is 0.537. The molecule has 1 unspecified atom stereocenters. The minimum Gasteiger partial charge on any atom is -0.497 e. The lowest BCUT2D eigenvalue weighted by molar-refractivity contribution is -0.132. The highest BCUT2D eigenvalue weighted by atomic mass is 32.2. The fraction of sp³-hybridized carbons (Fsp3) is 0.190. The molecular weight excluding hydrogens is 348 g/mol. The Labute approximate surface area is 155 Å². The number of rotatable bonds is 5. The summed E-state index contributed by atoms with van der Waals surface area (Å²) in [5, 5.41) is 9.83. The van der Waals surface area contributed by atoms with E-state index in [1.165, 1.54) is 0 Å². The quantitative estimate of drug-likeness (QED) is 0.812. The third-order valence-corrected chi connectivity index (χ3v) is 5.43. The molecule has 1 N–H and O–H groups in total. The maximum absolute atomic E-state index is 12.0. The van der Waals surface area contributed by atoms with Crippen LogP contribution in [0, 0.1) is 0 Å². The number of methoxy groups -OCH3 is 1. The largest absolute Gasteiger partial charge is 0.497 e. The van der Waals surface area contributed by atoms with Gasteiger partial charge >= 0.3 is 5.97 Å². The molecule has 0 bridgehead atoms. The summed E-state index contributed by atoms with van der Waals surface area (Å²) >= 11 is 0. The monoisotopic (exact) mass is 368 g/mol. The minimum atomic E-state index is -1.06. The van der Waals surface area contributed by atoms with E-state index in [-0.39, 0.29) is 5.57 Å². The van der Waals surface area contributed by atoms with Crippen molar-refractivity contribution in [3.05, 3.63) is 70.3 Å². The Bertz CT molecular complexity index is 952. The predicted octanol–water partition coefficient (Wildman–Crippen LogP) is 3.93. The Morgan fingerprint density at radius 3 is 2.46 bits per heavy atom. The first kappa shape index (κ1) is 18.1. The van der Waals surface area contributed by atoms with E-state index in [2.05, 4.69) is 0 Å². The summed E-state index contributed by atoms with van der Waals surface area (Å²) in [5.41, 5.74) is 4.78. The van der Waals surface area contributed by atoms with Crippen LogP contribution in [0.4, 0.5) is 0 Å². The van der Waals surface area contributed by atoms with E-state index in [0.29, 0.717) is 10.6 Å². The average Bonchev–Trinajstić information content (AvgIpc) is 2.94. The van der Waals surface area contributed by atoms with Crippen LogP contribution in [0.1, 0.15) is 23.6 Å². The highest BCUT2D eigenvalue weighted by Crippen LogP contribution is 2.40. The smallest absolute Gasteiger partial charge is 0.336 e. The van der Waals surface area contributed by atoms with Gasteiger partial charge in [0.15, 0.2) is 0 Å². The first-order chi connectivity index (χ1) is 12.4. The standard InChI is InChI=1S/C21H20O4S/c1-13-10-15-6-7-16(25-2)12-18(15)20(13)19(21(22)23)11-14-4-8-17(9-5-14)26(3)24/h4-9,11-12H,10H2,1-3H3,(H,22,23). The number of carbonyl (C=O) groups is 1. The van der Waals surface area contributed by atoms with Crippen molar-refractivity contribution < 1.29 is 18.8 Å². The third kappa shape index (κ3) is 3.48. The molecule has 0 radical (unpaired) electrons. The number of carboxylic acid groups (broad SMARTS) is 1. The Morgan fingerprint density at radius 1 is 1.19 bits per heavy atom. The molecule has 0 amide bonds. The molecule has 0 aliphatic heterocycles. The number of ether oxygens (including phenoxy) is 1. The molecule has 0 fully saturated rings. The zero-order valence-electron chi connectivity index (χ0n) is 14.9. The Hall–Kier alpha value is -2.66. The Balaban J connectivity index is 2.08. The molecule has 4 nitrogen and oxygen atoms in total. The van der Waals surface area contributed by atoms with Crippen LogP contribution in [0.2, 0.25) is 0 Å². The number of aliphatic carboxylic acids is 1. The highest BCUT2D eigenvalue weighted by Gasteiger charge is 2.26. The maximum Gasteiger partial charge on any atom is 0.336 e. The molecule has 2 aromatic rings. The van der Waals surface area contributed by atoms with Crippen molar-refractivity contribution in [2.24, 2.45) is 0 Å². The normalized spacial score (nSPS) is 15.0. The van der Waals surface area contributed by atoms with E-state index in [4.69, 9.17) is 4.74 Å². The average molecular weight is 368 g/mol. The van der Waals surface area contributed by atoms with Crippen LogP contribution in [0.3, 0.4) is 0 Å². The molecule has 5 heteroatoms. The van der Waals surface area contributed by atoms with Gasteiger partial charge in [-0.2, -0.15) is 0 Å². The SMILES string of the molecule is COc1ccc2c(c1)C(C(=Cc1ccc(S(C)=O)cc1)C(=O)O)=C(C)C2. The predicted molar refractivity (Wildman–Crippen MR) is 104 cm³/mol. The summed E-state index contributed by atoms with van der Waals surface area (Å²) in [5.74, 6) is -0.270. The number of fused-ring (bicyclic) bond motifs is 1. The van der Waals surface area contributed by atoms with Crippen molar-refractivity contribution >= 4 is 28.4 Å². The summed E-state index contributed by atoms with van der Waals surface area (Å²) in [6.07, 6.45) is 4.01. The number of hydrogen-bond acceptors (Lipinski definition) is 3. The fourth-order valence-electron chi connectivity index (χ4n) is 3.21. The Morgan fingerprint density at radius 2 is 1.88 bits per heavy atom. The second-order valence-corrected chi connectivity index (χ2v) is 7.62. The first-order valence-corrected chi connectivity index (χ1v) is 9.72. The van der Waals surface area contributed by atoms with Crippen molar-refractivity contribution in [2.45, 2.75) is 18.2 Å². The second kappa shape index (κ2) is 7.30. The molecule has 0 aromatic heterocycles. The highest BCUT2D eigenvalue weighted by molar-refractivity contribution is 7.84. The van der Waals surface area contributed by atoms with Crippen molar-refractivity contribution in [3.8, 4) is 5.75 Å². The molecule has 1 atom stereocenters. The van der Waals surface area contributed by atoms with Gasteiger partial charge < -0.3 is 9.84 Å². The van der Waals surface area contributed by atoms with Gasteiger partial charge in [0.25, 0.3) is 0 Å². The molecule has 2 aromatic carbocycles. The Kier molecular flexibility index (Phi) is 5.09. The zero-order chi connectivity index (χ0) is 18.8. The van der Waals surface area contributed by atoms with Gasteiger partial charge in [-0.25, -0.2) is 4.79 Å². The summed E-state index contributed by atoms with van der Waals surface area (Å²) in [4.78, 5) is 12.7. The van der Waals surface area contributed by atoms with Gasteiger partial charge in [-0.15, -0.1) is 0 Å². The minimum absolute atomic E-state index is 0.250. The van der Waals surface area contributed by atoms with Crippen LogP contribution >= 0.6 is 0 Å². The zero-order valence-corrected chi connectivity index (χ0v) is 15.7. The van der Waals surface area contributed by atoms with Crippen LogP contribution in [-0.2, 0) is 22.0 Å². The first-order valence-electron chi connectivity index (χ1n) is 8.16. The molecule has 3 rings (SSSR count). The lowest BCUT2D eigenvalue weighted by Gasteiger charge is -2.10. The molecule has 0 saturated carbocycles. The molecule has 0 saturated heterocycles. The van der Waals surface area contributed by atoms with Crippen molar-refractivity contribution in [1.82, 2.24) is 0 Å². The number of carboxylic acids is 1. The number of allylic oxidation sites excluding steroid dienone is 1. The van der Waals surface area contributed by atoms with Gasteiger partial charge in [0.1, 0.15) is 5.75 Å². The van der Waals surface area contributed by atoms with E-state index in [1.54, 1.807) is 43.7 Å². The van der Waals surface area contributed by atoms with Gasteiger partial charge in [-0.1, -0.05) is 23.8 Å². The molecular formula is C21H20O4S. The molecule has 26 heavy (non-hydrogen) atoms. The van der Waals surface area contributed by atoms with Crippen molar-refractivity contribution in [3.63, 3.8) is 0 Å². The van der Waals surface area contributed by atoms with E-state index >= 15 is 0 Å². The molecule has 0 spiro atoms. The van der Waals surface area contributed by atoms with Gasteiger partial charge in [0.05, 0.1) is 12.7 Å².